The number of anilines is 1. The van der Waals surface area contributed by atoms with E-state index >= 15 is 0 Å². The van der Waals surface area contributed by atoms with Crippen molar-refractivity contribution >= 4 is 60.7 Å². The van der Waals surface area contributed by atoms with Gasteiger partial charge in [-0.25, -0.2) is 0 Å². The van der Waals surface area contributed by atoms with Crippen LogP contribution in [0.25, 0.3) is 21.3 Å². The molecule has 2 aliphatic rings. The van der Waals surface area contributed by atoms with Crippen LogP contribution < -0.4 is 5.32 Å². The maximum absolute atomic E-state index is 13.5. The number of hydrogen-bond acceptors (Lipinski definition) is 8. The summed E-state index contributed by atoms with van der Waals surface area (Å²) in [6, 6.07) is 17.8. The van der Waals surface area contributed by atoms with Crippen LogP contribution in [-0.2, 0) is 10.1 Å². The summed E-state index contributed by atoms with van der Waals surface area (Å²) >= 11 is 1.09. The molecule has 1 heterocycles. The highest BCUT2D eigenvalue weighted by Gasteiger charge is 2.34. The highest BCUT2D eigenvalue weighted by molar-refractivity contribution is 7.85. The summed E-state index contributed by atoms with van der Waals surface area (Å²) in [6.07, 6.45) is 0. The first-order chi connectivity index (χ1) is 19.1. The molecular formula is C29H14N2O7S2. The topological polar surface area (TPSA) is 148 Å². The van der Waals surface area contributed by atoms with Crippen LogP contribution in [0, 0.1) is 0 Å². The third-order valence-corrected chi connectivity index (χ3v) is 8.83. The van der Waals surface area contributed by atoms with Gasteiger partial charge in [0.05, 0.1) is 32.1 Å². The quantitative estimate of drug-likeness (QED) is 0.290. The first-order valence-corrected chi connectivity index (χ1v) is 14.1. The third kappa shape index (κ3) is 3.35. The Labute approximate surface area is 230 Å². The highest BCUT2D eigenvalue weighted by Crippen LogP contribution is 2.42. The number of nitrogens with one attached hydrogen (secondary N) is 1. The molecule has 7 rings (SSSR count). The summed E-state index contributed by atoms with van der Waals surface area (Å²) in [6.45, 7) is 0. The summed E-state index contributed by atoms with van der Waals surface area (Å²) in [7, 11) is -4.59. The molecule has 9 nitrogen and oxygen atoms in total. The van der Waals surface area contributed by atoms with Crippen molar-refractivity contribution in [3.63, 3.8) is 0 Å². The minimum Gasteiger partial charge on any atom is -0.321 e. The molecule has 0 saturated heterocycles. The van der Waals surface area contributed by atoms with Gasteiger partial charge < -0.3 is 5.32 Å². The van der Waals surface area contributed by atoms with Crippen molar-refractivity contribution in [3.05, 3.63) is 112 Å². The molecule has 5 aromatic rings. The first-order valence-electron chi connectivity index (χ1n) is 11.9. The van der Waals surface area contributed by atoms with Crippen LogP contribution in [0.4, 0.5) is 5.69 Å². The lowest BCUT2D eigenvalue weighted by atomic mass is 9.83. The van der Waals surface area contributed by atoms with Gasteiger partial charge in [0, 0.05) is 38.8 Å². The van der Waals surface area contributed by atoms with Crippen molar-refractivity contribution < 1.29 is 32.1 Å². The molecular weight excluding hydrogens is 552 g/mol. The van der Waals surface area contributed by atoms with Crippen molar-refractivity contribution in [1.82, 2.24) is 4.37 Å². The number of carbonyl (C=O) groups excluding carboxylic acids is 4. The zero-order valence-electron chi connectivity index (χ0n) is 20.1. The van der Waals surface area contributed by atoms with Crippen molar-refractivity contribution in [3.8, 4) is 11.3 Å². The van der Waals surface area contributed by atoms with Gasteiger partial charge >= 0.3 is 0 Å². The van der Waals surface area contributed by atoms with Gasteiger partial charge in [-0.1, -0.05) is 36.4 Å². The lowest BCUT2D eigenvalue weighted by Crippen LogP contribution is -2.24. The van der Waals surface area contributed by atoms with Gasteiger partial charge in [0.1, 0.15) is 0 Å². The molecule has 2 aliphatic carbocycles. The Hall–Kier alpha value is -4.84. The molecule has 40 heavy (non-hydrogen) atoms. The minimum atomic E-state index is -4.59. The van der Waals surface area contributed by atoms with Gasteiger partial charge in [-0.3, -0.25) is 23.7 Å². The summed E-state index contributed by atoms with van der Waals surface area (Å²) in [5.41, 5.74) is 2.40. The van der Waals surface area contributed by atoms with E-state index in [1.54, 1.807) is 18.2 Å². The van der Waals surface area contributed by atoms with Gasteiger partial charge in [0.15, 0.2) is 17.3 Å². The molecule has 0 unspecified atom stereocenters. The Kier molecular flexibility index (Phi) is 5.04. The zero-order chi connectivity index (χ0) is 27.9. The molecule has 1 aromatic heterocycles. The van der Waals surface area contributed by atoms with E-state index in [1.165, 1.54) is 24.3 Å². The van der Waals surface area contributed by atoms with Gasteiger partial charge in [-0.2, -0.15) is 12.8 Å². The van der Waals surface area contributed by atoms with E-state index in [2.05, 4.69) is 9.69 Å². The molecule has 194 valence electrons. The largest absolute Gasteiger partial charge is 0.321 e. The molecule has 0 spiro atoms. The second kappa shape index (κ2) is 8.33. The third-order valence-electron chi connectivity index (χ3n) is 7.10. The molecule has 0 atom stereocenters. The predicted octanol–water partition coefficient (Wildman–Crippen LogP) is 4.78. The molecule has 4 aromatic carbocycles. The average molecular weight is 567 g/mol. The van der Waals surface area contributed by atoms with Crippen LogP contribution in [0.3, 0.4) is 0 Å². The monoisotopic (exact) mass is 566 g/mol. The molecule has 0 bridgehead atoms. The van der Waals surface area contributed by atoms with Gasteiger partial charge in [0.2, 0.25) is 0 Å². The maximum Gasteiger partial charge on any atom is 0.294 e. The van der Waals surface area contributed by atoms with Crippen LogP contribution in [0.2, 0.25) is 0 Å². The number of rotatable bonds is 3. The Morgan fingerprint density at radius 3 is 2.20 bits per heavy atom. The normalized spacial score (nSPS) is 13.6. The summed E-state index contributed by atoms with van der Waals surface area (Å²) in [4.78, 5) is 52.9. The number of ketones is 3. The number of nitrogens with zero attached hydrogens (tertiary/aromatic N) is 1. The molecule has 11 heteroatoms. The van der Waals surface area contributed by atoms with Gasteiger partial charge in [-0.15, -0.1) is 0 Å². The van der Waals surface area contributed by atoms with E-state index in [0.717, 1.165) is 29.7 Å². The number of aromatic nitrogens is 1. The summed E-state index contributed by atoms with van der Waals surface area (Å²) in [5, 5.41) is 3.33. The lowest BCUT2D eigenvalue weighted by molar-refractivity contribution is 0.0978. The number of hydrogen-bond donors (Lipinski definition) is 2. The fourth-order valence-corrected chi connectivity index (χ4v) is 6.70. The standard InChI is InChI=1S/C29H14N2O7S2/c32-25-15-5-2-1-4-14(15)24-23-18(25)10-11-19(28(23)39-31-24)29(35)30-21-7-3-6-17-22(21)27(34)16-9-8-13(40(36,37)38)12-20(16)26(17)33/h1-12H,(H,30,35)(H,36,37,38). The van der Waals surface area contributed by atoms with Crippen LogP contribution in [-0.4, -0.2) is 40.6 Å². The van der Waals surface area contributed by atoms with Crippen molar-refractivity contribution in [1.29, 1.82) is 0 Å². The Morgan fingerprint density at radius 2 is 1.43 bits per heavy atom. The number of carbonyl (C=O) groups is 4. The van der Waals surface area contributed by atoms with E-state index in [1.807, 2.05) is 12.1 Å². The molecule has 1 amide bonds. The Balaban J connectivity index is 1.30. The van der Waals surface area contributed by atoms with E-state index < -0.39 is 32.5 Å². The van der Waals surface area contributed by atoms with Crippen LogP contribution >= 0.6 is 11.5 Å². The SMILES string of the molecule is O=C1c2cc(S(=O)(=O)O)ccc2C(=O)c2c(NC(=O)c3ccc4c5c(nsc35)-c3ccccc3C4=O)cccc21. The van der Waals surface area contributed by atoms with Crippen molar-refractivity contribution in [2.75, 3.05) is 5.32 Å². The van der Waals surface area contributed by atoms with Gasteiger partial charge in [0.25, 0.3) is 16.0 Å². The summed E-state index contributed by atoms with van der Waals surface area (Å²) < 4.78 is 37.6. The molecule has 0 aliphatic heterocycles. The second-order valence-corrected chi connectivity index (χ2v) is 11.5. The van der Waals surface area contributed by atoms with Crippen molar-refractivity contribution in [2.24, 2.45) is 0 Å². The van der Waals surface area contributed by atoms with Crippen molar-refractivity contribution in [2.45, 2.75) is 4.90 Å². The second-order valence-electron chi connectivity index (χ2n) is 9.29. The number of fused-ring (bicyclic) bond motifs is 4. The minimum absolute atomic E-state index is 0.0139. The average Bonchev–Trinajstić information content (AvgIpc) is 3.39. The summed E-state index contributed by atoms with van der Waals surface area (Å²) in [5.74, 6) is -1.92. The fraction of sp³-hybridized carbons (Fsp3) is 0. The molecule has 2 N–H and O–H groups in total. The predicted molar refractivity (Wildman–Crippen MR) is 146 cm³/mol. The van der Waals surface area contributed by atoms with Crippen LogP contribution in [0.5, 0.6) is 0 Å². The smallest absolute Gasteiger partial charge is 0.294 e. The highest BCUT2D eigenvalue weighted by atomic mass is 32.2. The zero-order valence-corrected chi connectivity index (χ0v) is 21.7. The van der Waals surface area contributed by atoms with E-state index in [9.17, 15) is 32.1 Å². The van der Waals surface area contributed by atoms with Crippen LogP contribution in [0.1, 0.15) is 58.1 Å². The number of benzene rings is 4. The van der Waals surface area contributed by atoms with Crippen LogP contribution in [0.15, 0.2) is 77.7 Å². The maximum atomic E-state index is 13.5. The molecule has 0 fully saturated rings. The van der Waals surface area contributed by atoms with E-state index in [-0.39, 0.29) is 39.3 Å². The Bertz CT molecular complexity index is 2150. The fourth-order valence-electron chi connectivity index (χ4n) is 5.26. The van der Waals surface area contributed by atoms with E-state index in [4.69, 9.17) is 0 Å². The lowest BCUT2D eigenvalue weighted by Gasteiger charge is -2.21. The first kappa shape index (κ1) is 24.2. The molecule has 0 radical (unpaired) electrons. The van der Waals surface area contributed by atoms with E-state index in [0.29, 0.717) is 32.5 Å². The molecule has 0 saturated carbocycles. The number of amides is 1. The Morgan fingerprint density at radius 1 is 0.750 bits per heavy atom. The van der Waals surface area contributed by atoms with Gasteiger partial charge in [-0.05, 0) is 47.9 Å².